The monoisotopic (exact) mass is 431 g/mol. The van der Waals surface area contributed by atoms with Crippen molar-refractivity contribution in [3.8, 4) is 5.75 Å². The van der Waals surface area contributed by atoms with Crippen molar-refractivity contribution in [1.29, 1.82) is 0 Å². The first-order chi connectivity index (χ1) is 14.3. The summed E-state index contributed by atoms with van der Waals surface area (Å²) in [7, 11) is -3.81. The fraction of sp³-hybridized carbons (Fsp3) is 0.409. The molecule has 0 aliphatic carbocycles. The molecular weight excluding hydrogens is 402 g/mol. The molecule has 2 aromatic carbocycles. The molecule has 8 heteroatoms. The molecule has 0 spiro atoms. The maximum atomic E-state index is 12.8. The van der Waals surface area contributed by atoms with Crippen molar-refractivity contribution in [2.24, 2.45) is 0 Å². The number of amides is 1. The third-order valence-corrected chi connectivity index (χ3v) is 6.71. The second kappa shape index (κ2) is 9.49. The minimum absolute atomic E-state index is 0.122. The van der Waals surface area contributed by atoms with Gasteiger partial charge in [-0.1, -0.05) is 18.2 Å². The zero-order valence-electron chi connectivity index (χ0n) is 17.7. The van der Waals surface area contributed by atoms with E-state index in [0.717, 1.165) is 11.3 Å². The average Bonchev–Trinajstić information content (AvgIpc) is 2.75. The lowest BCUT2D eigenvalue weighted by Gasteiger charge is -2.37. The molecule has 2 aromatic rings. The Morgan fingerprint density at radius 3 is 2.37 bits per heavy atom. The number of nitrogens with one attached hydrogen (secondary N) is 1. The minimum Gasteiger partial charge on any atom is -0.494 e. The van der Waals surface area contributed by atoms with Crippen molar-refractivity contribution in [3.63, 3.8) is 0 Å². The topological polar surface area (TPSA) is 78.9 Å². The Bertz CT molecular complexity index is 971. The molecule has 1 saturated heterocycles. The maximum absolute atomic E-state index is 12.8. The first kappa shape index (κ1) is 22.1. The molecule has 162 valence electrons. The van der Waals surface area contributed by atoms with E-state index in [0.29, 0.717) is 38.5 Å². The first-order valence-electron chi connectivity index (χ1n) is 10.2. The van der Waals surface area contributed by atoms with Crippen LogP contribution in [0.4, 0.5) is 5.69 Å². The SMILES string of the molecule is CCOc1ccc(S(=O)(=O)N[C@@H](C)C(=O)N2CCN(c3ccccc3)CC2)cc1C. The number of carbonyl (C=O) groups excluding carboxylic acids is 1. The number of carbonyl (C=O) groups is 1. The summed E-state index contributed by atoms with van der Waals surface area (Å²) in [5.41, 5.74) is 1.86. The molecule has 0 saturated carbocycles. The van der Waals surface area contributed by atoms with Crippen LogP contribution in [-0.4, -0.2) is 58.1 Å². The van der Waals surface area contributed by atoms with Crippen molar-refractivity contribution in [2.45, 2.75) is 31.7 Å². The second-order valence-electron chi connectivity index (χ2n) is 7.35. The van der Waals surface area contributed by atoms with Crippen LogP contribution < -0.4 is 14.4 Å². The number of anilines is 1. The normalized spacial score (nSPS) is 15.7. The summed E-state index contributed by atoms with van der Waals surface area (Å²) in [6.45, 7) is 8.31. The van der Waals surface area contributed by atoms with Crippen molar-refractivity contribution in [3.05, 3.63) is 54.1 Å². The molecule has 1 N–H and O–H groups in total. The lowest BCUT2D eigenvalue weighted by molar-refractivity contribution is -0.132. The van der Waals surface area contributed by atoms with E-state index in [1.807, 2.05) is 37.3 Å². The van der Waals surface area contributed by atoms with Crippen molar-refractivity contribution in [2.75, 3.05) is 37.7 Å². The zero-order valence-corrected chi connectivity index (χ0v) is 18.5. The zero-order chi connectivity index (χ0) is 21.7. The van der Waals surface area contributed by atoms with Gasteiger partial charge in [0.25, 0.3) is 0 Å². The Labute approximate surface area is 178 Å². The Morgan fingerprint density at radius 1 is 1.10 bits per heavy atom. The van der Waals surface area contributed by atoms with E-state index in [-0.39, 0.29) is 10.8 Å². The molecule has 3 rings (SSSR count). The van der Waals surface area contributed by atoms with Crippen molar-refractivity contribution >= 4 is 21.6 Å². The van der Waals surface area contributed by atoms with Crippen molar-refractivity contribution in [1.82, 2.24) is 9.62 Å². The number of rotatable bonds is 7. The third-order valence-electron chi connectivity index (χ3n) is 5.17. The number of aryl methyl sites for hydroxylation is 1. The van der Waals surface area contributed by atoms with Crippen LogP contribution in [0.5, 0.6) is 5.75 Å². The number of para-hydroxylation sites is 1. The van der Waals surface area contributed by atoms with Crippen LogP contribution in [0.15, 0.2) is 53.4 Å². The predicted molar refractivity (Wildman–Crippen MR) is 117 cm³/mol. The van der Waals surface area contributed by atoms with Gasteiger partial charge in [0.1, 0.15) is 5.75 Å². The van der Waals surface area contributed by atoms with Gasteiger partial charge < -0.3 is 14.5 Å². The molecule has 1 heterocycles. The van der Waals surface area contributed by atoms with E-state index in [4.69, 9.17) is 4.74 Å². The van der Waals surface area contributed by atoms with E-state index < -0.39 is 16.1 Å². The summed E-state index contributed by atoms with van der Waals surface area (Å²) in [5, 5.41) is 0. The quantitative estimate of drug-likeness (QED) is 0.728. The Balaban J connectivity index is 1.60. The lowest BCUT2D eigenvalue weighted by atomic mass is 10.2. The smallest absolute Gasteiger partial charge is 0.241 e. The Kier molecular flexibility index (Phi) is 6.99. The van der Waals surface area contributed by atoms with Crippen LogP contribution >= 0.6 is 0 Å². The molecule has 1 fully saturated rings. The Hall–Kier alpha value is -2.58. The van der Waals surface area contributed by atoms with E-state index in [1.165, 1.54) is 6.07 Å². The van der Waals surface area contributed by atoms with Crippen LogP contribution in [0, 0.1) is 6.92 Å². The highest BCUT2D eigenvalue weighted by molar-refractivity contribution is 7.89. The summed E-state index contributed by atoms with van der Waals surface area (Å²) in [5.74, 6) is 0.436. The molecule has 1 aliphatic rings. The number of hydrogen-bond donors (Lipinski definition) is 1. The van der Waals surface area contributed by atoms with Gasteiger partial charge in [-0.05, 0) is 56.7 Å². The van der Waals surface area contributed by atoms with E-state index in [2.05, 4.69) is 9.62 Å². The summed E-state index contributed by atoms with van der Waals surface area (Å²) < 4.78 is 33.5. The maximum Gasteiger partial charge on any atom is 0.241 e. The number of ether oxygens (including phenoxy) is 1. The molecular formula is C22H29N3O4S. The van der Waals surface area contributed by atoms with Gasteiger partial charge in [-0.3, -0.25) is 4.79 Å². The van der Waals surface area contributed by atoms with Crippen LogP contribution in [0.1, 0.15) is 19.4 Å². The largest absolute Gasteiger partial charge is 0.494 e. The highest BCUT2D eigenvalue weighted by atomic mass is 32.2. The number of piperazine rings is 1. The van der Waals surface area contributed by atoms with Crippen LogP contribution in [0.2, 0.25) is 0 Å². The van der Waals surface area contributed by atoms with Gasteiger partial charge in [0.15, 0.2) is 0 Å². The van der Waals surface area contributed by atoms with Crippen molar-refractivity contribution < 1.29 is 17.9 Å². The summed E-state index contributed by atoms with van der Waals surface area (Å²) in [4.78, 5) is 16.9. The van der Waals surface area contributed by atoms with E-state index in [9.17, 15) is 13.2 Å². The van der Waals surface area contributed by atoms with E-state index in [1.54, 1.807) is 30.9 Å². The van der Waals surface area contributed by atoms with Gasteiger partial charge in [-0.2, -0.15) is 4.72 Å². The molecule has 0 radical (unpaired) electrons. The summed E-state index contributed by atoms with van der Waals surface area (Å²) in [6, 6.07) is 13.9. The number of hydrogen-bond acceptors (Lipinski definition) is 5. The highest BCUT2D eigenvalue weighted by Gasteiger charge is 2.28. The lowest BCUT2D eigenvalue weighted by Crippen LogP contribution is -2.54. The Morgan fingerprint density at radius 2 is 1.77 bits per heavy atom. The molecule has 1 aliphatic heterocycles. The first-order valence-corrected chi connectivity index (χ1v) is 11.6. The summed E-state index contributed by atoms with van der Waals surface area (Å²) >= 11 is 0. The molecule has 0 aromatic heterocycles. The van der Waals surface area contributed by atoms with E-state index >= 15 is 0 Å². The molecule has 7 nitrogen and oxygen atoms in total. The van der Waals surface area contributed by atoms with Crippen LogP contribution in [0.25, 0.3) is 0 Å². The number of benzene rings is 2. The van der Waals surface area contributed by atoms with Gasteiger partial charge in [-0.15, -0.1) is 0 Å². The third kappa shape index (κ3) is 5.12. The van der Waals surface area contributed by atoms with Gasteiger partial charge in [0, 0.05) is 31.9 Å². The van der Waals surface area contributed by atoms with Gasteiger partial charge in [0.05, 0.1) is 17.5 Å². The average molecular weight is 432 g/mol. The molecule has 0 bridgehead atoms. The minimum atomic E-state index is -3.81. The highest BCUT2D eigenvalue weighted by Crippen LogP contribution is 2.22. The second-order valence-corrected chi connectivity index (χ2v) is 9.07. The standard InChI is InChI=1S/C22H29N3O4S/c1-4-29-21-11-10-20(16-17(21)2)30(27,28)23-18(3)22(26)25-14-12-24(13-15-25)19-8-6-5-7-9-19/h5-11,16,18,23H,4,12-15H2,1-3H3/t18-/m0/s1. The molecule has 1 atom stereocenters. The molecule has 30 heavy (non-hydrogen) atoms. The van der Waals surface area contributed by atoms with Gasteiger partial charge in [-0.25, -0.2) is 8.42 Å². The number of nitrogens with zero attached hydrogens (tertiary/aromatic N) is 2. The van der Waals surface area contributed by atoms with Crippen LogP contribution in [-0.2, 0) is 14.8 Å². The predicted octanol–water partition coefficient (Wildman–Crippen LogP) is 2.41. The fourth-order valence-electron chi connectivity index (χ4n) is 3.56. The summed E-state index contributed by atoms with van der Waals surface area (Å²) in [6.07, 6.45) is 0. The van der Waals surface area contributed by atoms with Gasteiger partial charge >= 0.3 is 0 Å². The van der Waals surface area contributed by atoms with Gasteiger partial charge in [0.2, 0.25) is 15.9 Å². The fourth-order valence-corrected chi connectivity index (χ4v) is 4.84. The number of sulfonamides is 1. The molecule has 0 unspecified atom stereocenters. The molecule has 1 amide bonds. The van der Waals surface area contributed by atoms with Crippen LogP contribution in [0.3, 0.4) is 0 Å².